The first-order valence-electron chi connectivity index (χ1n) is 9.03. The van der Waals surface area contributed by atoms with Gasteiger partial charge in [-0.3, -0.25) is 9.59 Å². The van der Waals surface area contributed by atoms with Crippen molar-refractivity contribution in [3.05, 3.63) is 52.0 Å². The highest BCUT2D eigenvalue weighted by Crippen LogP contribution is 2.28. The summed E-state index contributed by atoms with van der Waals surface area (Å²) in [5.74, 6) is 0.153. The Balaban J connectivity index is 1.51. The number of amides is 1. The van der Waals surface area contributed by atoms with Crippen LogP contribution >= 0.6 is 0 Å². The summed E-state index contributed by atoms with van der Waals surface area (Å²) in [6, 6.07) is 7.00. The number of carbonyl (C=O) groups is 1. The van der Waals surface area contributed by atoms with Gasteiger partial charge in [-0.25, -0.2) is 0 Å². The van der Waals surface area contributed by atoms with Gasteiger partial charge >= 0.3 is 6.36 Å². The maximum atomic E-state index is 12.7. The van der Waals surface area contributed by atoms with Gasteiger partial charge in [-0.2, -0.15) is 5.16 Å². The van der Waals surface area contributed by atoms with Crippen molar-refractivity contribution >= 4 is 5.91 Å². The topological polar surface area (TPSA) is 75.5 Å². The molecule has 1 aliphatic heterocycles. The molecule has 1 aromatic carbocycles. The molecular formula is C19H21F3N2O4. The molecular weight excluding hydrogens is 377 g/mol. The SMILES string of the molecule is CC(Cc1ccc(OC(F)(F)F)cc1)C(=O)N1CCC(c2cc(=O)[nH]o2)CC1. The predicted octanol–water partition coefficient (Wildman–Crippen LogP) is 3.45. The summed E-state index contributed by atoms with van der Waals surface area (Å²) in [5.41, 5.74) is 0.494. The summed E-state index contributed by atoms with van der Waals surface area (Å²) in [6.07, 6.45) is -2.87. The number of H-pyrrole nitrogens is 1. The molecule has 0 bridgehead atoms. The number of benzene rings is 1. The van der Waals surface area contributed by atoms with E-state index in [0.717, 1.165) is 5.56 Å². The van der Waals surface area contributed by atoms with E-state index in [1.165, 1.54) is 30.3 Å². The van der Waals surface area contributed by atoms with Crippen molar-refractivity contribution in [2.24, 2.45) is 5.92 Å². The van der Waals surface area contributed by atoms with Crippen LogP contribution in [-0.2, 0) is 11.2 Å². The van der Waals surface area contributed by atoms with Crippen molar-refractivity contribution in [2.45, 2.75) is 38.5 Å². The summed E-state index contributed by atoms with van der Waals surface area (Å²) >= 11 is 0. The largest absolute Gasteiger partial charge is 0.573 e. The van der Waals surface area contributed by atoms with Crippen LogP contribution in [0.1, 0.15) is 37.0 Å². The Morgan fingerprint density at radius 1 is 1.29 bits per heavy atom. The van der Waals surface area contributed by atoms with E-state index in [-0.39, 0.29) is 29.1 Å². The number of ether oxygens (including phenoxy) is 1. The smallest absolute Gasteiger partial charge is 0.406 e. The third kappa shape index (κ3) is 5.17. The molecule has 1 unspecified atom stereocenters. The Bertz CT molecular complexity index is 849. The number of carbonyl (C=O) groups excluding carboxylic acids is 1. The minimum atomic E-state index is -4.72. The predicted molar refractivity (Wildman–Crippen MR) is 93.9 cm³/mol. The van der Waals surface area contributed by atoms with Crippen LogP contribution in [0.2, 0.25) is 0 Å². The monoisotopic (exact) mass is 398 g/mol. The lowest BCUT2D eigenvalue weighted by atomic mass is 9.92. The zero-order valence-electron chi connectivity index (χ0n) is 15.3. The first-order chi connectivity index (χ1) is 13.2. The molecule has 1 aliphatic rings. The summed E-state index contributed by atoms with van der Waals surface area (Å²) in [4.78, 5) is 25.6. The van der Waals surface area contributed by atoms with Gasteiger partial charge in [0.15, 0.2) is 0 Å². The molecule has 28 heavy (non-hydrogen) atoms. The van der Waals surface area contributed by atoms with Crippen molar-refractivity contribution in [3.63, 3.8) is 0 Å². The summed E-state index contributed by atoms with van der Waals surface area (Å²) < 4.78 is 45.6. The number of aromatic amines is 1. The van der Waals surface area contributed by atoms with E-state index in [9.17, 15) is 22.8 Å². The minimum Gasteiger partial charge on any atom is -0.406 e. The molecule has 0 aliphatic carbocycles. The van der Waals surface area contributed by atoms with Crippen LogP contribution in [0.4, 0.5) is 13.2 Å². The van der Waals surface area contributed by atoms with Crippen molar-refractivity contribution in [1.29, 1.82) is 0 Å². The molecule has 1 aromatic heterocycles. The van der Waals surface area contributed by atoms with Crippen molar-refractivity contribution < 1.29 is 27.2 Å². The highest BCUT2D eigenvalue weighted by Gasteiger charge is 2.31. The van der Waals surface area contributed by atoms with Gasteiger partial charge < -0.3 is 14.2 Å². The maximum Gasteiger partial charge on any atom is 0.573 e. The molecule has 9 heteroatoms. The molecule has 6 nitrogen and oxygen atoms in total. The summed E-state index contributed by atoms with van der Waals surface area (Å²) in [7, 11) is 0. The van der Waals surface area contributed by atoms with Crippen LogP contribution in [0.5, 0.6) is 5.75 Å². The summed E-state index contributed by atoms with van der Waals surface area (Å²) in [5, 5.41) is 2.28. The van der Waals surface area contributed by atoms with Crippen molar-refractivity contribution in [3.8, 4) is 5.75 Å². The Kier molecular flexibility index (Phi) is 5.81. The van der Waals surface area contributed by atoms with E-state index < -0.39 is 6.36 Å². The average Bonchev–Trinajstić information content (AvgIpc) is 3.08. The lowest BCUT2D eigenvalue weighted by Crippen LogP contribution is -2.41. The minimum absolute atomic E-state index is 0.00425. The standard InChI is InChI=1S/C19H21F3N2O4/c1-12(10-13-2-4-15(5-3-13)27-19(20,21)22)18(26)24-8-6-14(7-9-24)16-11-17(25)23-28-16/h2-5,11-12,14H,6-10H2,1H3,(H,23,25). The van der Waals surface area contributed by atoms with Crippen molar-refractivity contribution in [1.82, 2.24) is 10.1 Å². The molecule has 2 aromatic rings. The molecule has 1 atom stereocenters. The number of nitrogens with zero attached hydrogens (tertiary/aromatic N) is 1. The van der Waals surface area contributed by atoms with Gasteiger partial charge in [-0.15, -0.1) is 13.2 Å². The van der Waals surface area contributed by atoms with Gasteiger partial charge in [0.2, 0.25) is 5.91 Å². The van der Waals surface area contributed by atoms with Gasteiger partial charge in [0.25, 0.3) is 5.56 Å². The molecule has 152 valence electrons. The number of hydrogen-bond acceptors (Lipinski definition) is 4. The van der Waals surface area contributed by atoms with Gasteiger partial charge in [0.1, 0.15) is 11.5 Å². The Labute approximate surface area is 159 Å². The van der Waals surface area contributed by atoms with Gasteiger partial charge in [0, 0.05) is 31.0 Å². The maximum absolute atomic E-state index is 12.7. The lowest BCUT2D eigenvalue weighted by Gasteiger charge is -2.32. The van der Waals surface area contributed by atoms with Crippen LogP contribution in [0.3, 0.4) is 0 Å². The van der Waals surface area contributed by atoms with Gasteiger partial charge in [-0.1, -0.05) is 19.1 Å². The lowest BCUT2D eigenvalue weighted by molar-refractivity contribution is -0.274. The number of likely N-dealkylation sites (tertiary alicyclic amines) is 1. The van der Waals surface area contributed by atoms with Gasteiger partial charge in [0.05, 0.1) is 0 Å². The molecule has 1 saturated heterocycles. The fourth-order valence-corrected chi connectivity index (χ4v) is 3.46. The molecule has 1 fully saturated rings. The van der Waals surface area contributed by atoms with E-state index in [1.54, 1.807) is 11.8 Å². The first kappa shape index (κ1) is 20.0. The number of rotatable bonds is 5. The fraction of sp³-hybridized carbons (Fsp3) is 0.474. The highest BCUT2D eigenvalue weighted by molar-refractivity contribution is 5.79. The van der Waals surface area contributed by atoms with E-state index in [1.807, 2.05) is 0 Å². The van der Waals surface area contributed by atoms with Crippen LogP contribution in [0.15, 0.2) is 39.6 Å². The zero-order chi connectivity index (χ0) is 20.3. The van der Waals surface area contributed by atoms with Crippen LogP contribution in [0, 0.1) is 5.92 Å². The number of hydrogen-bond donors (Lipinski definition) is 1. The Morgan fingerprint density at radius 2 is 1.93 bits per heavy atom. The van der Waals surface area contributed by atoms with E-state index in [4.69, 9.17) is 4.52 Å². The molecule has 0 radical (unpaired) electrons. The normalized spacial score (nSPS) is 16.8. The number of alkyl halides is 3. The third-order valence-corrected chi connectivity index (χ3v) is 4.87. The molecule has 3 rings (SSSR count). The van der Waals surface area contributed by atoms with Crippen LogP contribution in [-0.4, -0.2) is 35.4 Å². The highest BCUT2D eigenvalue weighted by atomic mass is 19.4. The van der Waals surface area contributed by atoms with Crippen LogP contribution < -0.4 is 10.3 Å². The van der Waals surface area contributed by atoms with Crippen molar-refractivity contribution in [2.75, 3.05) is 13.1 Å². The first-order valence-corrected chi connectivity index (χ1v) is 9.03. The zero-order valence-corrected chi connectivity index (χ0v) is 15.3. The number of piperidine rings is 1. The molecule has 0 saturated carbocycles. The van der Waals surface area contributed by atoms with Crippen LogP contribution in [0.25, 0.3) is 0 Å². The molecule has 0 spiro atoms. The molecule has 1 N–H and O–H groups in total. The number of nitrogens with one attached hydrogen (secondary N) is 1. The van der Waals surface area contributed by atoms with E-state index in [0.29, 0.717) is 38.1 Å². The third-order valence-electron chi connectivity index (χ3n) is 4.87. The molecule has 1 amide bonds. The second-order valence-electron chi connectivity index (χ2n) is 7.01. The number of aromatic nitrogens is 1. The Morgan fingerprint density at radius 3 is 2.46 bits per heavy atom. The Hall–Kier alpha value is -2.71. The van der Waals surface area contributed by atoms with E-state index >= 15 is 0 Å². The average molecular weight is 398 g/mol. The van der Waals surface area contributed by atoms with E-state index in [2.05, 4.69) is 9.89 Å². The fourth-order valence-electron chi connectivity index (χ4n) is 3.46. The molecule has 2 heterocycles. The van der Waals surface area contributed by atoms with Gasteiger partial charge in [-0.05, 0) is 37.0 Å². The number of halogens is 3. The summed E-state index contributed by atoms with van der Waals surface area (Å²) in [6.45, 7) is 2.95. The second-order valence-corrected chi connectivity index (χ2v) is 7.01. The quantitative estimate of drug-likeness (QED) is 0.837. The second kappa shape index (κ2) is 8.12.